The standard InChI is InChI=1S/C29H37N5O4S2/c1-5-13-32-14-12-24-25(18-32)39-28(26(24)29(36)34-21(4)17-20(3)31-34)30-27(35)22-6-8-23(9-7-22)40(37,38)33-15-10-19(2)11-16-33/h6-9,17,19H,5,10-16,18H2,1-4H3,(H,30,35). The summed E-state index contributed by atoms with van der Waals surface area (Å²) in [5.74, 6) is -0.116. The van der Waals surface area contributed by atoms with Crippen molar-refractivity contribution in [2.45, 2.75) is 64.8 Å². The number of hydrogen-bond donors (Lipinski definition) is 1. The second-order valence-corrected chi connectivity index (χ2v) is 14.0. The van der Waals surface area contributed by atoms with Crippen LogP contribution in [0.25, 0.3) is 0 Å². The van der Waals surface area contributed by atoms with E-state index in [9.17, 15) is 18.0 Å². The van der Waals surface area contributed by atoms with E-state index in [1.807, 2.05) is 19.9 Å². The quantitative estimate of drug-likeness (QED) is 0.433. The smallest absolute Gasteiger partial charge is 0.281 e. The minimum atomic E-state index is -3.61. The molecule has 0 atom stereocenters. The molecule has 214 valence electrons. The highest BCUT2D eigenvalue weighted by Gasteiger charge is 2.31. The van der Waals surface area contributed by atoms with E-state index in [-0.39, 0.29) is 16.7 Å². The Hall–Kier alpha value is -2.86. The van der Waals surface area contributed by atoms with Gasteiger partial charge >= 0.3 is 0 Å². The molecule has 0 spiro atoms. The van der Waals surface area contributed by atoms with Crippen molar-refractivity contribution in [1.29, 1.82) is 0 Å². The van der Waals surface area contributed by atoms with Gasteiger partial charge in [0.05, 0.1) is 16.2 Å². The molecule has 1 aromatic carbocycles. The van der Waals surface area contributed by atoms with Crippen LogP contribution in [0, 0.1) is 19.8 Å². The zero-order chi connectivity index (χ0) is 28.6. The van der Waals surface area contributed by atoms with Crippen molar-refractivity contribution in [3.05, 3.63) is 63.3 Å². The van der Waals surface area contributed by atoms with Crippen LogP contribution in [-0.4, -0.2) is 65.4 Å². The van der Waals surface area contributed by atoms with E-state index in [2.05, 4.69) is 29.2 Å². The highest BCUT2D eigenvalue weighted by atomic mass is 32.2. The molecule has 0 radical (unpaired) electrons. The van der Waals surface area contributed by atoms with Crippen molar-refractivity contribution in [2.75, 3.05) is 31.5 Å². The fourth-order valence-electron chi connectivity index (χ4n) is 5.55. The molecular weight excluding hydrogens is 546 g/mol. The average Bonchev–Trinajstić information content (AvgIpc) is 3.46. The van der Waals surface area contributed by atoms with Crippen LogP contribution in [0.15, 0.2) is 35.2 Å². The number of piperidine rings is 1. The summed E-state index contributed by atoms with van der Waals surface area (Å²) in [6.07, 6.45) is 3.47. The summed E-state index contributed by atoms with van der Waals surface area (Å²) in [4.78, 5) is 30.8. The summed E-state index contributed by atoms with van der Waals surface area (Å²) in [7, 11) is -3.61. The topological polar surface area (TPSA) is 105 Å². The molecular formula is C29H37N5O4S2. The molecule has 1 N–H and O–H groups in total. The van der Waals surface area contributed by atoms with Gasteiger partial charge in [0.2, 0.25) is 10.0 Å². The second-order valence-electron chi connectivity index (χ2n) is 10.9. The van der Waals surface area contributed by atoms with E-state index in [0.29, 0.717) is 35.1 Å². The van der Waals surface area contributed by atoms with E-state index in [1.54, 1.807) is 0 Å². The fourth-order valence-corrected chi connectivity index (χ4v) is 8.29. The number of sulfonamides is 1. The number of thiophene rings is 1. The van der Waals surface area contributed by atoms with E-state index in [4.69, 9.17) is 0 Å². The molecule has 1 fully saturated rings. The van der Waals surface area contributed by atoms with E-state index >= 15 is 0 Å². The maximum Gasteiger partial charge on any atom is 0.281 e. The van der Waals surface area contributed by atoms with Gasteiger partial charge in [0.1, 0.15) is 5.00 Å². The van der Waals surface area contributed by atoms with Crippen LogP contribution in [-0.2, 0) is 23.0 Å². The van der Waals surface area contributed by atoms with Gasteiger partial charge in [-0.1, -0.05) is 13.8 Å². The Morgan fingerprint density at radius 3 is 2.42 bits per heavy atom. The van der Waals surface area contributed by atoms with Gasteiger partial charge in [0, 0.05) is 42.3 Å². The molecule has 40 heavy (non-hydrogen) atoms. The molecule has 3 aromatic rings. The number of carbonyl (C=O) groups is 2. The average molecular weight is 584 g/mol. The van der Waals surface area contributed by atoms with Crippen molar-refractivity contribution in [3.8, 4) is 0 Å². The number of rotatable bonds is 7. The molecule has 2 aliphatic rings. The van der Waals surface area contributed by atoms with Crippen molar-refractivity contribution < 1.29 is 18.0 Å². The zero-order valence-corrected chi connectivity index (χ0v) is 25.2. The van der Waals surface area contributed by atoms with E-state index in [0.717, 1.165) is 67.1 Å². The number of amides is 1. The molecule has 2 aliphatic heterocycles. The highest BCUT2D eigenvalue weighted by Crippen LogP contribution is 2.38. The lowest BCUT2D eigenvalue weighted by Crippen LogP contribution is -2.37. The van der Waals surface area contributed by atoms with Crippen LogP contribution < -0.4 is 5.32 Å². The van der Waals surface area contributed by atoms with Gasteiger partial charge < -0.3 is 5.32 Å². The molecule has 11 heteroatoms. The van der Waals surface area contributed by atoms with Gasteiger partial charge in [-0.25, -0.2) is 13.1 Å². The number of fused-ring (bicyclic) bond motifs is 1. The first-order valence-electron chi connectivity index (χ1n) is 13.9. The Balaban J connectivity index is 1.41. The maximum absolute atomic E-state index is 13.8. The number of aryl methyl sites for hydroxylation is 2. The Morgan fingerprint density at radius 2 is 1.80 bits per heavy atom. The first kappa shape index (κ1) is 28.7. The predicted octanol–water partition coefficient (Wildman–Crippen LogP) is 4.69. The number of carbonyl (C=O) groups excluding carboxylic acids is 2. The summed E-state index contributed by atoms with van der Waals surface area (Å²) in [6.45, 7) is 11.6. The molecule has 4 heterocycles. The Morgan fingerprint density at radius 1 is 1.10 bits per heavy atom. The lowest BCUT2D eigenvalue weighted by Gasteiger charge is -2.29. The molecule has 0 unspecified atom stereocenters. The monoisotopic (exact) mass is 583 g/mol. The minimum Gasteiger partial charge on any atom is -0.313 e. The molecule has 9 nitrogen and oxygen atoms in total. The Bertz CT molecular complexity index is 1520. The second kappa shape index (κ2) is 11.6. The van der Waals surface area contributed by atoms with Crippen LogP contribution in [0.3, 0.4) is 0 Å². The lowest BCUT2D eigenvalue weighted by molar-refractivity contribution is 0.0942. The van der Waals surface area contributed by atoms with Gasteiger partial charge in [-0.2, -0.15) is 9.40 Å². The Labute approximate surface area is 240 Å². The summed E-state index contributed by atoms with van der Waals surface area (Å²) >= 11 is 1.44. The fraction of sp³-hybridized carbons (Fsp3) is 0.483. The van der Waals surface area contributed by atoms with Crippen molar-refractivity contribution in [2.24, 2.45) is 5.92 Å². The summed E-state index contributed by atoms with van der Waals surface area (Å²) in [5, 5.41) is 7.88. The number of nitrogens with one attached hydrogen (secondary N) is 1. The van der Waals surface area contributed by atoms with Crippen molar-refractivity contribution >= 4 is 38.2 Å². The third kappa shape index (κ3) is 5.65. The third-order valence-electron chi connectivity index (χ3n) is 7.82. The molecule has 1 saturated heterocycles. The van der Waals surface area contributed by atoms with Crippen LogP contribution in [0.1, 0.15) is 75.7 Å². The normalized spacial score (nSPS) is 17.1. The SMILES string of the molecule is CCCN1CCc2c(sc(NC(=O)c3ccc(S(=O)(=O)N4CCC(C)CC4)cc3)c2C(=O)n2nc(C)cc2C)C1. The number of anilines is 1. The van der Waals surface area contributed by atoms with Crippen LogP contribution in [0.5, 0.6) is 0 Å². The van der Waals surface area contributed by atoms with Crippen molar-refractivity contribution in [3.63, 3.8) is 0 Å². The zero-order valence-electron chi connectivity index (χ0n) is 23.6. The minimum absolute atomic E-state index is 0.182. The summed E-state index contributed by atoms with van der Waals surface area (Å²) in [6, 6.07) is 7.91. The van der Waals surface area contributed by atoms with Crippen LogP contribution >= 0.6 is 11.3 Å². The molecule has 0 saturated carbocycles. The first-order valence-corrected chi connectivity index (χ1v) is 16.2. The highest BCUT2D eigenvalue weighted by molar-refractivity contribution is 7.89. The predicted molar refractivity (Wildman–Crippen MR) is 157 cm³/mol. The lowest BCUT2D eigenvalue weighted by atomic mass is 10.0. The number of nitrogens with zero attached hydrogens (tertiary/aromatic N) is 4. The van der Waals surface area contributed by atoms with Crippen molar-refractivity contribution in [1.82, 2.24) is 19.0 Å². The molecule has 0 bridgehead atoms. The largest absolute Gasteiger partial charge is 0.313 e. The molecule has 2 aromatic heterocycles. The summed E-state index contributed by atoms with van der Waals surface area (Å²) in [5.41, 5.74) is 3.29. The van der Waals surface area contributed by atoms with E-state index in [1.165, 1.54) is 44.6 Å². The maximum atomic E-state index is 13.8. The Kier molecular flexibility index (Phi) is 8.28. The number of hydrogen-bond acceptors (Lipinski definition) is 7. The molecule has 0 aliphatic carbocycles. The van der Waals surface area contributed by atoms with Gasteiger partial charge in [0.25, 0.3) is 11.8 Å². The number of aromatic nitrogens is 2. The van der Waals surface area contributed by atoms with Crippen LogP contribution in [0.2, 0.25) is 0 Å². The first-order chi connectivity index (χ1) is 19.1. The van der Waals surface area contributed by atoms with Gasteiger partial charge in [-0.05, 0) is 87.9 Å². The number of benzene rings is 1. The van der Waals surface area contributed by atoms with Gasteiger partial charge in [0.15, 0.2) is 0 Å². The molecule has 5 rings (SSSR count). The van der Waals surface area contributed by atoms with Gasteiger partial charge in [-0.15, -0.1) is 11.3 Å². The summed E-state index contributed by atoms with van der Waals surface area (Å²) < 4.78 is 29.2. The van der Waals surface area contributed by atoms with Crippen LogP contribution in [0.4, 0.5) is 5.00 Å². The van der Waals surface area contributed by atoms with Gasteiger partial charge in [-0.3, -0.25) is 14.5 Å². The van der Waals surface area contributed by atoms with E-state index < -0.39 is 10.0 Å². The third-order valence-corrected chi connectivity index (χ3v) is 10.9. The molecule has 1 amide bonds.